The second-order valence-corrected chi connectivity index (χ2v) is 8.19. The minimum absolute atomic E-state index is 0.0270. The number of anilines is 2. The maximum atomic E-state index is 13.5. The van der Waals surface area contributed by atoms with Gasteiger partial charge in [0.05, 0.1) is 12.5 Å². The number of halogens is 1. The molecule has 0 bridgehead atoms. The Hall–Kier alpha value is -2.01. The SMILES string of the molecule is CNc1nc(N2C[C@H]3CN(S(C)(=O)=O)C[C@@]3(C(=O)O)C2)ncc1F. The van der Waals surface area contributed by atoms with Crippen LogP contribution in [0.3, 0.4) is 0 Å². The van der Waals surface area contributed by atoms with Gasteiger partial charge in [0, 0.05) is 39.1 Å². The van der Waals surface area contributed by atoms with Gasteiger partial charge in [0.2, 0.25) is 16.0 Å². The molecule has 0 aliphatic carbocycles. The Morgan fingerprint density at radius 3 is 2.71 bits per heavy atom. The van der Waals surface area contributed by atoms with Crippen molar-refractivity contribution in [1.29, 1.82) is 0 Å². The van der Waals surface area contributed by atoms with E-state index in [0.29, 0.717) is 6.54 Å². The fraction of sp³-hybridized carbons (Fsp3) is 0.615. The first-order chi connectivity index (χ1) is 11.2. The second-order valence-electron chi connectivity index (χ2n) is 6.21. The van der Waals surface area contributed by atoms with Crippen LogP contribution in [0.5, 0.6) is 0 Å². The number of hydrogen-bond donors (Lipinski definition) is 2. The predicted molar refractivity (Wildman–Crippen MR) is 83.7 cm³/mol. The Bertz CT molecular complexity index is 789. The highest BCUT2D eigenvalue weighted by atomic mass is 32.2. The maximum absolute atomic E-state index is 13.5. The van der Waals surface area contributed by atoms with Gasteiger partial charge in [-0.2, -0.15) is 4.98 Å². The van der Waals surface area contributed by atoms with Crippen molar-refractivity contribution in [2.75, 3.05) is 49.7 Å². The van der Waals surface area contributed by atoms with Crippen LogP contribution in [0.15, 0.2) is 6.20 Å². The van der Waals surface area contributed by atoms with Gasteiger partial charge in [0.15, 0.2) is 11.6 Å². The van der Waals surface area contributed by atoms with Gasteiger partial charge < -0.3 is 15.3 Å². The topological polar surface area (TPSA) is 116 Å². The van der Waals surface area contributed by atoms with E-state index < -0.39 is 27.2 Å². The summed E-state index contributed by atoms with van der Waals surface area (Å²) in [5.41, 5.74) is -1.21. The van der Waals surface area contributed by atoms with Gasteiger partial charge in [0.25, 0.3) is 0 Å². The predicted octanol–water partition coefficient (Wildman–Crippen LogP) is -0.560. The van der Waals surface area contributed by atoms with E-state index in [9.17, 15) is 22.7 Å². The molecule has 0 radical (unpaired) electrons. The fourth-order valence-corrected chi connectivity index (χ4v) is 4.33. The molecule has 9 nitrogen and oxygen atoms in total. The summed E-state index contributed by atoms with van der Waals surface area (Å²) in [5.74, 6) is -1.77. The highest BCUT2D eigenvalue weighted by Crippen LogP contribution is 2.44. The van der Waals surface area contributed by atoms with Crippen LogP contribution in [-0.2, 0) is 14.8 Å². The van der Waals surface area contributed by atoms with E-state index in [-0.39, 0.29) is 37.3 Å². The molecule has 2 aliphatic rings. The zero-order valence-corrected chi connectivity index (χ0v) is 14.0. The number of aliphatic carboxylic acids is 1. The molecule has 1 aromatic rings. The quantitative estimate of drug-likeness (QED) is 0.735. The molecule has 2 saturated heterocycles. The lowest BCUT2D eigenvalue weighted by molar-refractivity contribution is -0.148. The normalized spacial score (nSPS) is 27.3. The summed E-state index contributed by atoms with van der Waals surface area (Å²) in [4.78, 5) is 21.5. The first-order valence-corrected chi connectivity index (χ1v) is 9.16. The van der Waals surface area contributed by atoms with Crippen LogP contribution in [-0.4, -0.2) is 73.2 Å². The van der Waals surface area contributed by atoms with Gasteiger partial charge in [0.1, 0.15) is 5.41 Å². The van der Waals surface area contributed by atoms with Crippen molar-refractivity contribution in [3.8, 4) is 0 Å². The van der Waals surface area contributed by atoms with E-state index in [1.54, 1.807) is 4.90 Å². The summed E-state index contributed by atoms with van der Waals surface area (Å²) in [6.45, 7) is 0.436. The first-order valence-electron chi connectivity index (χ1n) is 7.31. The standard InChI is InChI=1S/C13H18FN5O4S/c1-15-10-9(14)3-16-12(17-10)18-4-8-5-19(24(2,22)23)7-13(8,6-18)11(20)21/h3,8H,4-7H2,1-2H3,(H,20,21)(H,15,16,17)/t8-,13-/m0/s1. The van der Waals surface area contributed by atoms with Gasteiger partial charge in [-0.3, -0.25) is 4.79 Å². The molecule has 0 saturated carbocycles. The molecule has 132 valence electrons. The Balaban J connectivity index is 1.90. The Labute approximate surface area is 138 Å². The molecule has 0 aromatic carbocycles. The van der Waals surface area contributed by atoms with Crippen molar-refractivity contribution >= 4 is 27.8 Å². The molecule has 2 fully saturated rings. The largest absolute Gasteiger partial charge is 0.481 e. The van der Waals surface area contributed by atoms with Crippen LogP contribution in [0.4, 0.5) is 16.2 Å². The van der Waals surface area contributed by atoms with Crippen LogP contribution < -0.4 is 10.2 Å². The molecule has 2 atom stereocenters. The molecule has 3 heterocycles. The van der Waals surface area contributed by atoms with Crippen LogP contribution in [0.1, 0.15) is 0 Å². The van der Waals surface area contributed by atoms with Crippen LogP contribution in [0, 0.1) is 17.2 Å². The third-order valence-electron chi connectivity index (χ3n) is 4.72. The van der Waals surface area contributed by atoms with Crippen molar-refractivity contribution in [3.63, 3.8) is 0 Å². The summed E-state index contributed by atoms with van der Waals surface area (Å²) in [6.07, 6.45) is 2.10. The van der Waals surface area contributed by atoms with Crippen LogP contribution in [0.25, 0.3) is 0 Å². The lowest BCUT2D eigenvalue weighted by Gasteiger charge is -2.24. The molecular formula is C13H18FN5O4S. The van der Waals surface area contributed by atoms with E-state index in [0.717, 1.165) is 12.5 Å². The average molecular weight is 359 g/mol. The summed E-state index contributed by atoms with van der Waals surface area (Å²) in [6, 6.07) is 0. The molecule has 11 heteroatoms. The molecule has 2 N–H and O–H groups in total. The molecule has 24 heavy (non-hydrogen) atoms. The summed E-state index contributed by atoms with van der Waals surface area (Å²) in [7, 11) is -1.93. The maximum Gasteiger partial charge on any atom is 0.313 e. The summed E-state index contributed by atoms with van der Waals surface area (Å²) < 4.78 is 38.2. The van der Waals surface area contributed by atoms with Gasteiger partial charge in [-0.25, -0.2) is 22.1 Å². The number of carbonyl (C=O) groups is 1. The number of carboxylic acids is 1. The highest BCUT2D eigenvalue weighted by Gasteiger charge is 2.59. The van der Waals surface area contributed by atoms with Crippen molar-refractivity contribution in [2.24, 2.45) is 11.3 Å². The number of nitrogens with one attached hydrogen (secondary N) is 1. The zero-order valence-electron chi connectivity index (χ0n) is 13.2. The smallest absolute Gasteiger partial charge is 0.313 e. The molecular weight excluding hydrogens is 341 g/mol. The van der Waals surface area contributed by atoms with E-state index in [2.05, 4.69) is 15.3 Å². The molecule has 3 rings (SSSR count). The van der Waals surface area contributed by atoms with Gasteiger partial charge in [-0.1, -0.05) is 0 Å². The minimum Gasteiger partial charge on any atom is -0.481 e. The number of hydrogen-bond acceptors (Lipinski definition) is 7. The van der Waals surface area contributed by atoms with E-state index >= 15 is 0 Å². The third kappa shape index (κ3) is 2.57. The first kappa shape index (κ1) is 16.8. The second kappa shape index (κ2) is 5.52. The zero-order chi connectivity index (χ0) is 17.7. The average Bonchev–Trinajstić information content (AvgIpc) is 3.02. The number of rotatable bonds is 4. The monoisotopic (exact) mass is 359 g/mol. The number of nitrogens with zero attached hydrogens (tertiary/aromatic N) is 4. The molecule has 1 aromatic heterocycles. The summed E-state index contributed by atoms with van der Waals surface area (Å²) >= 11 is 0. The van der Waals surface area contributed by atoms with Crippen LogP contribution >= 0.6 is 0 Å². The Morgan fingerprint density at radius 2 is 2.17 bits per heavy atom. The number of sulfonamides is 1. The van der Waals surface area contributed by atoms with Gasteiger partial charge in [-0.05, 0) is 0 Å². The molecule has 0 spiro atoms. The van der Waals surface area contributed by atoms with Crippen molar-refractivity contribution < 1.29 is 22.7 Å². The minimum atomic E-state index is -3.45. The highest BCUT2D eigenvalue weighted by molar-refractivity contribution is 7.88. The Kier molecular flexibility index (Phi) is 3.87. The lowest BCUT2D eigenvalue weighted by Crippen LogP contribution is -2.42. The van der Waals surface area contributed by atoms with Gasteiger partial charge >= 0.3 is 5.97 Å². The number of fused-ring (bicyclic) bond motifs is 1. The molecule has 0 amide bonds. The number of aromatic nitrogens is 2. The van der Waals surface area contributed by atoms with Crippen molar-refractivity contribution in [1.82, 2.24) is 14.3 Å². The van der Waals surface area contributed by atoms with Crippen molar-refractivity contribution in [3.05, 3.63) is 12.0 Å². The third-order valence-corrected chi connectivity index (χ3v) is 5.94. The van der Waals surface area contributed by atoms with Gasteiger partial charge in [-0.15, -0.1) is 0 Å². The lowest BCUT2D eigenvalue weighted by atomic mass is 9.81. The fourth-order valence-electron chi connectivity index (χ4n) is 3.41. The molecule has 2 aliphatic heterocycles. The molecule has 0 unspecified atom stereocenters. The Morgan fingerprint density at radius 1 is 1.46 bits per heavy atom. The van der Waals surface area contributed by atoms with E-state index in [1.165, 1.54) is 11.4 Å². The summed E-state index contributed by atoms with van der Waals surface area (Å²) in [5, 5.41) is 12.3. The van der Waals surface area contributed by atoms with E-state index in [4.69, 9.17) is 0 Å². The van der Waals surface area contributed by atoms with E-state index in [1.807, 2.05) is 0 Å². The van der Waals surface area contributed by atoms with Crippen LogP contribution in [0.2, 0.25) is 0 Å². The number of carboxylic acid groups (broad SMARTS) is 1. The van der Waals surface area contributed by atoms with Crippen molar-refractivity contribution in [2.45, 2.75) is 0 Å².